The molecule has 0 aliphatic carbocycles. The van der Waals surface area contributed by atoms with Gasteiger partial charge in [-0.25, -0.2) is 4.98 Å². The number of carbonyl (C=O) groups is 1. The maximum Gasteiger partial charge on any atom is 0.267 e. The number of aliphatic hydroxyl groups excluding tert-OH is 1. The maximum absolute atomic E-state index is 12.8. The fourth-order valence-electron chi connectivity index (χ4n) is 4.02. The van der Waals surface area contributed by atoms with Crippen molar-refractivity contribution in [2.75, 3.05) is 59.8 Å². The molecule has 3 aromatic rings. The maximum atomic E-state index is 12.8. The average molecular weight is 516 g/mol. The highest BCUT2D eigenvalue weighted by Crippen LogP contribution is 2.29. The number of β-amino-alcohol motifs (C(OH)–C–C–N with tert-alkyl or cyclic N) is 1. The van der Waals surface area contributed by atoms with Crippen LogP contribution >= 0.6 is 22.9 Å². The normalized spacial score (nSPS) is 18.1. The molecule has 1 aromatic carbocycles. The fraction of sp³-hybridized carbons (Fsp3) is 0.391. The number of aliphatic hydroxyl groups is 1. The molecule has 35 heavy (non-hydrogen) atoms. The number of nitrogens with zero attached hydrogens (tertiary/aromatic N) is 5. The molecule has 4 heterocycles. The molecule has 2 aliphatic heterocycles. The molecule has 1 amide bonds. The quantitative estimate of drug-likeness (QED) is 0.454. The molecule has 0 saturated carbocycles. The topological polar surface area (TPSA) is 116 Å². The number of anilines is 5. The number of thiazole rings is 1. The Morgan fingerprint density at radius 3 is 2.80 bits per heavy atom. The van der Waals surface area contributed by atoms with Crippen molar-refractivity contribution in [1.82, 2.24) is 15.0 Å². The lowest BCUT2D eigenvalue weighted by Gasteiger charge is -2.29. The highest BCUT2D eigenvalue weighted by molar-refractivity contribution is 7.17. The van der Waals surface area contributed by atoms with Crippen LogP contribution in [0.4, 0.5) is 28.4 Å². The predicted molar refractivity (Wildman–Crippen MR) is 137 cm³/mol. The molecule has 2 fully saturated rings. The highest BCUT2D eigenvalue weighted by Gasteiger charge is 2.25. The summed E-state index contributed by atoms with van der Waals surface area (Å²) in [7, 11) is 0. The molecule has 0 bridgehead atoms. The van der Waals surface area contributed by atoms with Gasteiger partial charge in [0.05, 0.1) is 36.2 Å². The largest absolute Gasteiger partial charge is 0.391 e. The van der Waals surface area contributed by atoms with Crippen LogP contribution in [-0.4, -0.2) is 71.5 Å². The molecule has 2 aromatic heterocycles. The third kappa shape index (κ3) is 5.48. The molecule has 10 nitrogen and oxygen atoms in total. The Morgan fingerprint density at radius 1 is 1.23 bits per heavy atom. The number of hydrogen-bond donors (Lipinski definition) is 3. The summed E-state index contributed by atoms with van der Waals surface area (Å²) in [5.41, 5.74) is 1.47. The van der Waals surface area contributed by atoms with E-state index in [0.717, 1.165) is 24.5 Å². The van der Waals surface area contributed by atoms with E-state index in [1.54, 1.807) is 6.07 Å². The number of halogens is 1. The SMILES string of the molecule is Cc1cccc(Cl)c1NC(=O)c1cnc(Nc2cc(N3CCOCC3)nc(N3CCC(O)C3)n2)s1. The van der Waals surface area contributed by atoms with E-state index in [-0.39, 0.29) is 12.0 Å². The minimum atomic E-state index is -0.385. The van der Waals surface area contributed by atoms with Crippen LogP contribution in [0.2, 0.25) is 5.02 Å². The van der Waals surface area contributed by atoms with Crippen LogP contribution in [0, 0.1) is 6.92 Å². The molecule has 0 spiro atoms. The summed E-state index contributed by atoms with van der Waals surface area (Å²) < 4.78 is 5.47. The number of rotatable bonds is 6. The molecule has 1 atom stereocenters. The van der Waals surface area contributed by atoms with E-state index < -0.39 is 0 Å². The Hall–Kier alpha value is -2.99. The average Bonchev–Trinajstić information content (AvgIpc) is 3.51. The molecule has 2 aliphatic rings. The third-order valence-electron chi connectivity index (χ3n) is 5.91. The van der Waals surface area contributed by atoms with E-state index in [1.807, 2.05) is 30.0 Å². The van der Waals surface area contributed by atoms with Gasteiger partial charge < -0.3 is 30.3 Å². The number of carbonyl (C=O) groups excluding carboxylic acids is 1. The van der Waals surface area contributed by atoms with Crippen molar-refractivity contribution >= 4 is 57.2 Å². The smallest absolute Gasteiger partial charge is 0.267 e. The number of aromatic nitrogens is 3. The van der Waals surface area contributed by atoms with Crippen molar-refractivity contribution in [3.05, 3.63) is 45.9 Å². The van der Waals surface area contributed by atoms with Gasteiger partial charge in [-0.2, -0.15) is 9.97 Å². The summed E-state index contributed by atoms with van der Waals surface area (Å²) >= 11 is 7.47. The highest BCUT2D eigenvalue weighted by atomic mass is 35.5. The summed E-state index contributed by atoms with van der Waals surface area (Å²) in [6.07, 6.45) is 1.82. The first kappa shape index (κ1) is 23.7. The molecule has 5 rings (SSSR count). The van der Waals surface area contributed by atoms with Crippen molar-refractivity contribution in [1.29, 1.82) is 0 Å². The van der Waals surface area contributed by atoms with E-state index >= 15 is 0 Å². The number of nitrogens with one attached hydrogen (secondary N) is 2. The first-order valence-electron chi connectivity index (χ1n) is 11.4. The van der Waals surface area contributed by atoms with Gasteiger partial charge in [0.15, 0.2) is 5.13 Å². The Morgan fingerprint density at radius 2 is 2.06 bits per heavy atom. The van der Waals surface area contributed by atoms with Crippen LogP contribution < -0.4 is 20.4 Å². The lowest BCUT2D eigenvalue weighted by atomic mass is 10.2. The number of aryl methyl sites for hydroxylation is 1. The molecular formula is C23H26ClN7O3S. The number of benzene rings is 1. The van der Waals surface area contributed by atoms with E-state index in [9.17, 15) is 9.90 Å². The van der Waals surface area contributed by atoms with Crippen LogP contribution in [0.15, 0.2) is 30.5 Å². The van der Waals surface area contributed by atoms with Crippen LogP contribution in [0.5, 0.6) is 0 Å². The molecular weight excluding hydrogens is 490 g/mol. The second kappa shape index (κ2) is 10.3. The number of para-hydroxylation sites is 1. The minimum absolute atomic E-state index is 0.282. The zero-order chi connectivity index (χ0) is 24.4. The fourth-order valence-corrected chi connectivity index (χ4v) is 5.00. The van der Waals surface area contributed by atoms with Gasteiger partial charge in [-0.05, 0) is 25.0 Å². The van der Waals surface area contributed by atoms with Crippen molar-refractivity contribution in [2.45, 2.75) is 19.4 Å². The Balaban J connectivity index is 1.36. The number of amides is 1. The van der Waals surface area contributed by atoms with Crippen LogP contribution in [-0.2, 0) is 4.74 Å². The van der Waals surface area contributed by atoms with E-state index in [1.165, 1.54) is 17.5 Å². The summed E-state index contributed by atoms with van der Waals surface area (Å²) in [6.45, 7) is 5.83. The monoisotopic (exact) mass is 515 g/mol. The van der Waals surface area contributed by atoms with Crippen molar-refractivity contribution in [3.63, 3.8) is 0 Å². The Labute approximate surface area is 211 Å². The third-order valence-corrected chi connectivity index (χ3v) is 7.13. The molecule has 3 N–H and O–H groups in total. The summed E-state index contributed by atoms with van der Waals surface area (Å²) in [5, 5.41) is 17.1. The van der Waals surface area contributed by atoms with Crippen LogP contribution in [0.25, 0.3) is 0 Å². The van der Waals surface area contributed by atoms with Gasteiger partial charge in [0, 0.05) is 32.2 Å². The van der Waals surface area contributed by atoms with Crippen molar-refractivity contribution in [3.8, 4) is 0 Å². The lowest BCUT2D eigenvalue weighted by molar-refractivity contribution is 0.103. The van der Waals surface area contributed by atoms with Gasteiger partial charge in [-0.1, -0.05) is 35.1 Å². The number of morpholine rings is 1. The lowest BCUT2D eigenvalue weighted by Crippen LogP contribution is -2.37. The van der Waals surface area contributed by atoms with Crippen molar-refractivity contribution in [2.24, 2.45) is 0 Å². The van der Waals surface area contributed by atoms with Gasteiger partial charge in [-0.3, -0.25) is 4.79 Å². The molecule has 12 heteroatoms. The van der Waals surface area contributed by atoms with Gasteiger partial charge >= 0.3 is 0 Å². The van der Waals surface area contributed by atoms with E-state index in [4.69, 9.17) is 21.3 Å². The second-order valence-corrected chi connectivity index (χ2v) is 9.88. The zero-order valence-corrected chi connectivity index (χ0v) is 20.8. The minimum Gasteiger partial charge on any atom is -0.391 e. The predicted octanol–water partition coefficient (Wildman–Crippen LogP) is 3.30. The Bertz CT molecular complexity index is 1170. The summed E-state index contributed by atoms with van der Waals surface area (Å²) in [6, 6.07) is 7.34. The van der Waals surface area contributed by atoms with Gasteiger partial charge in [0.2, 0.25) is 5.95 Å². The standard InChI is InChI=1S/C23H26ClN7O3S/c1-14-3-2-4-16(24)20(14)29-21(33)17-12-25-23(35-17)27-18-11-19(30-7-9-34-10-8-30)28-22(26-18)31-6-5-15(32)13-31/h2-4,11-12,15,32H,5-10,13H2,1H3,(H,29,33)(H,25,26,27,28). The van der Waals surface area contributed by atoms with Gasteiger partial charge in [-0.15, -0.1) is 0 Å². The van der Waals surface area contributed by atoms with Gasteiger partial charge in [0.1, 0.15) is 16.5 Å². The number of hydrogen-bond acceptors (Lipinski definition) is 10. The van der Waals surface area contributed by atoms with Crippen LogP contribution in [0.1, 0.15) is 21.7 Å². The molecule has 2 saturated heterocycles. The first-order chi connectivity index (χ1) is 17.0. The molecule has 184 valence electrons. The summed E-state index contributed by atoms with van der Waals surface area (Å²) in [5.74, 6) is 1.62. The molecule has 1 unspecified atom stereocenters. The second-order valence-electron chi connectivity index (χ2n) is 8.44. The zero-order valence-electron chi connectivity index (χ0n) is 19.2. The van der Waals surface area contributed by atoms with Crippen molar-refractivity contribution < 1.29 is 14.6 Å². The van der Waals surface area contributed by atoms with Gasteiger partial charge in [0.25, 0.3) is 5.91 Å². The first-order valence-corrected chi connectivity index (χ1v) is 12.6. The summed E-state index contributed by atoms with van der Waals surface area (Å²) in [4.78, 5) is 31.2. The van der Waals surface area contributed by atoms with E-state index in [2.05, 4.69) is 25.5 Å². The van der Waals surface area contributed by atoms with E-state index in [0.29, 0.717) is 65.2 Å². The van der Waals surface area contributed by atoms with Crippen LogP contribution in [0.3, 0.4) is 0 Å². The Kier molecular flexibility index (Phi) is 7.00. The molecule has 0 radical (unpaired) electrons. The number of ether oxygens (including phenoxy) is 1.